The Kier molecular flexibility index (Phi) is 7.67. The highest BCUT2D eigenvalue weighted by Gasteiger charge is 2.17. The first kappa shape index (κ1) is 16.1. The summed E-state index contributed by atoms with van der Waals surface area (Å²) in [5.74, 6) is 0.539. The molecular weight excluding hydrogens is 278 g/mol. The monoisotopic (exact) mass is 299 g/mol. The van der Waals surface area contributed by atoms with Crippen LogP contribution in [0.2, 0.25) is 0 Å². The van der Waals surface area contributed by atoms with Gasteiger partial charge in [0.1, 0.15) is 10.2 Å². The summed E-state index contributed by atoms with van der Waals surface area (Å²) < 4.78 is 11.3. The molecule has 0 radical (unpaired) electrons. The first-order valence-corrected chi connectivity index (χ1v) is 9.22. The number of hydrogen-bond acceptors (Lipinski definition) is 2. The van der Waals surface area contributed by atoms with Crippen molar-refractivity contribution in [3.8, 4) is 0 Å². The lowest BCUT2D eigenvalue weighted by Crippen LogP contribution is -2.34. The molecule has 1 atom stereocenters. The molecule has 1 rings (SSSR count). The molecule has 0 spiro atoms. The predicted molar refractivity (Wildman–Crippen MR) is 83.2 cm³/mol. The molecule has 106 valence electrons. The zero-order chi connectivity index (χ0) is 14.1. The molecule has 1 aromatic rings. The van der Waals surface area contributed by atoms with E-state index in [1.807, 2.05) is 35.2 Å². The van der Waals surface area contributed by atoms with Crippen molar-refractivity contribution in [1.82, 2.24) is 4.90 Å². The fourth-order valence-corrected chi connectivity index (χ4v) is 4.06. The highest BCUT2D eigenvalue weighted by Crippen LogP contribution is 2.08. The Bertz CT molecular complexity index is 450. The lowest BCUT2D eigenvalue weighted by Gasteiger charge is -2.21. The SMILES string of the molecule is CCCN(CCC)C(=O)S(Cc1ccccc1)=S=O. The van der Waals surface area contributed by atoms with Crippen LogP contribution in [0.5, 0.6) is 0 Å². The molecule has 3 nitrogen and oxygen atoms in total. The van der Waals surface area contributed by atoms with E-state index < -0.39 is 9.45 Å². The van der Waals surface area contributed by atoms with Crippen LogP contribution in [0, 0.1) is 0 Å². The summed E-state index contributed by atoms with van der Waals surface area (Å²) in [6.45, 7) is 5.59. The maximum Gasteiger partial charge on any atom is 0.288 e. The molecule has 0 fully saturated rings. The second-order valence-electron chi connectivity index (χ2n) is 4.30. The molecule has 1 unspecified atom stereocenters. The van der Waals surface area contributed by atoms with E-state index in [-0.39, 0.29) is 5.24 Å². The molecule has 0 aliphatic carbocycles. The van der Waals surface area contributed by atoms with Gasteiger partial charge in [-0.1, -0.05) is 44.2 Å². The first-order chi connectivity index (χ1) is 9.22. The third-order valence-electron chi connectivity index (χ3n) is 2.66. The number of nitrogens with zero attached hydrogens (tertiary/aromatic N) is 1. The summed E-state index contributed by atoms with van der Waals surface area (Å²) in [4.78, 5) is 14.2. The van der Waals surface area contributed by atoms with Gasteiger partial charge in [0.15, 0.2) is 0 Å². The van der Waals surface area contributed by atoms with Crippen molar-refractivity contribution >= 4 is 24.9 Å². The number of amides is 1. The fraction of sp³-hybridized carbons (Fsp3) is 0.500. The lowest BCUT2D eigenvalue weighted by molar-refractivity contribution is 0.223. The van der Waals surface area contributed by atoms with Crippen molar-refractivity contribution in [1.29, 1.82) is 0 Å². The third kappa shape index (κ3) is 5.28. The molecule has 0 heterocycles. The minimum atomic E-state index is -0.812. The van der Waals surface area contributed by atoms with Crippen LogP contribution in [0.25, 0.3) is 0 Å². The molecule has 1 aromatic carbocycles. The van der Waals surface area contributed by atoms with E-state index in [1.165, 1.54) is 0 Å². The van der Waals surface area contributed by atoms with Crippen LogP contribution in [0.15, 0.2) is 30.3 Å². The van der Waals surface area contributed by atoms with Crippen molar-refractivity contribution < 1.29 is 9.00 Å². The van der Waals surface area contributed by atoms with Crippen LogP contribution < -0.4 is 0 Å². The Balaban J connectivity index is 2.79. The molecule has 0 bridgehead atoms. The Labute approximate surface area is 120 Å². The normalized spacial score (nSPS) is 11.9. The van der Waals surface area contributed by atoms with E-state index >= 15 is 0 Å². The summed E-state index contributed by atoms with van der Waals surface area (Å²) in [5.41, 5.74) is 1.05. The van der Waals surface area contributed by atoms with Gasteiger partial charge in [0.05, 0.1) is 0 Å². The maximum absolute atomic E-state index is 12.4. The van der Waals surface area contributed by atoms with Gasteiger partial charge in [0.25, 0.3) is 5.24 Å². The zero-order valence-corrected chi connectivity index (χ0v) is 13.1. The van der Waals surface area contributed by atoms with Crippen LogP contribution >= 0.6 is 0 Å². The average Bonchev–Trinajstić information content (AvgIpc) is 2.45. The molecule has 5 heteroatoms. The quantitative estimate of drug-likeness (QED) is 0.809. The average molecular weight is 299 g/mol. The summed E-state index contributed by atoms with van der Waals surface area (Å²) in [6.07, 6.45) is 1.86. The second kappa shape index (κ2) is 9.04. The first-order valence-electron chi connectivity index (χ1n) is 6.56. The molecule has 0 aliphatic heterocycles. The molecule has 0 aromatic heterocycles. The summed E-state index contributed by atoms with van der Waals surface area (Å²) in [5, 5.41) is 0.00699. The van der Waals surface area contributed by atoms with E-state index in [9.17, 15) is 9.00 Å². The molecule has 1 amide bonds. The van der Waals surface area contributed by atoms with Crippen molar-refractivity contribution in [2.24, 2.45) is 0 Å². The molecular formula is C14H21NO2S2. The van der Waals surface area contributed by atoms with Crippen LogP contribution in [0.4, 0.5) is 4.79 Å². The highest BCUT2D eigenvalue weighted by molar-refractivity contribution is 8.38. The number of rotatable bonds is 6. The van der Waals surface area contributed by atoms with Gasteiger partial charge in [-0.3, -0.25) is 4.79 Å². The summed E-state index contributed by atoms with van der Waals surface area (Å²) >= 11 is 0. The molecule has 0 aliphatic rings. The fourth-order valence-electron chi connectivity index (χ4n) is 1.82. The summed E-state index contributed by atoms with van der Waals surface area (Å²) in [6, 6.07) is 9.74. The molecule has 0 N–H and O–H groups in total. The Hall–Kier alpha value is -0.940. The van der Waals surface area contributed by atoms with Crippen LogP contribution in [-0.2, 0) is 25.4 Å². The maximum atomic E-state index is 12.4. The number of carbonyl (C=O) groups is 1. The van der Waals surface area contributed by atoms with E-state index in [0.29, 0.717) is 16.0 Å². The van der Waals surface area contributed by atoms with Crippen LogP contribution in [0.1, 0.15) is 32.3 Å². The highest BCUT2D eigenvalue weighted by atomic mass is 32.8. The van der Waals surface area contributed by atoms with Gasteiger partial charge in [0.2, 0.25) is 0 Å². The standard InChI is InChI=1S/C14H21NO2S2/c1-3-10-15(11-4-2)14(16)19(18-17)12-13-8-6-5-7-9-13/h5-9H,3-4,10-12H2,1-2H3. The smallest absolute Gasteiger partial charge is 0.288 e. The van der Waals surface area contributed by atoms with Gasteiger partial charge in [-0.15, -0.1) is 0 Å². The number of hydrogen-bond donors (Lipinski definition) is 0. The van der Waals surface area contributed by atoms with E-state index in [1.54, 1.807) is 0 Å². The van der Waals surface area contributed by atoms with E-state index in [4.69, 9.17) is 0 Å². The topological polar surface area (TPSA) is 37.4 Å². The van der Waals surface area contributed by atoms with Gasteiger partial charge in [-0.05, 0) is 18.4 Å². The largest absolute Gasteiger partial charge is 0.333 e. The van der Waals surface area contributed by atoms with Gasteiger partial charge in [0, 0.05) is 28.3 Å². The van der Waals surface area contributed by atoms with Crippen LogP contribution in [-0.4, -0.2) is 27.4 Å². The van der Waals surface area contributed by atoms with E-state index in [0.717, 1.165) is 31.5 Å². The summed E-state index contributed by atoms with van der Waals surface area (Å²) in [7, 11) is -0.373. The van der Waals surface area contributed by atoms with Gasteiger partial charge < -0.3 is 4.90 Å². The number of carbonyl (C=O) groups excluding carboxylic acids is 1. The molecule has 19 heavy (non-hydrogen) atoms. The number of benzene rings is 1. The van der Waals surface area contributed by atoms with Crippen LogP contribution in [0.3, 0.4) is 0 Å². The zero-order valence-electron chi connectivity index (χ0n) is 11.5. The van der Waals surface area contributed by atoms with Crippen molar-refractivity contribution in [3.63, 3.8) is 0 Å². The van der Waals surface area contributed by atoms with E-state index in [2.05, 4.69) is 13.8 Å². The third-order valence-corrected chi connectivity index (χ3v) is 5.34. The minimum Gasteiger partial charge on any atom is -0.333 e. The van der Waals surface area contributed by atoms with Gasteiger partial charge >= 0.3 is 0 Å². The van der Waals surface area contributed by atoms with Crippen molar-refractivity contribution in [2.45, 2.75) is 32.4 Å². The van der Waals surface area contributed by atoms with Crippen molar-refractivity contribution in [2.75, 3.05) is 13.1 Å². The van der Waals surface area contributed by atoms with Crippen molar-refractivity contribution in [3.05, 3.63) is 35.9 Å². The Morgan fingerprint density at radius 1 is 1.16 bits per heavy atom. The molecule has 0 saturated heterocycles. The second-order valence-corrected chi connectivity index (χ2v) is 7.38. The lowest BCUT2D eigenvalue weighted by atomic mass is 10.2. The molecule has 0 saturated carbocycles. The van der Waals surface area contributed by atoms with Gasteiger partial charge in [-0.25, -0.2) is 4.21 Å². The predicted octanol–water partition coefficient (Wildman–Crippen LogP) is 3.17. The Morgan fingerprint density at radius 2 is 1.74 bits per heavy atom. The van der Waals surface area contributed by atoms with Gasteiger partial charge in [-0.2, -0.15) is 0 Å². The minimum absolute atomic E-state index is 0.00699. The Morgan fingerprint density at radius 3 is 2.21 bits per heavy atom.